The summed E-state index contributed by atoms with van der Waals surface area (Å²) < 4.78 is 0. The van der Waals surface area contributed by atoms with Crippen molar-refractivity contribution in [3.8, 4) is 0 Å². The summed E-state index contributed by atoms with van der Waals surface area (Å²) in [7, 11) is 0. The Hall–Kier alpha value is -2.08. The molecule has 0 radical (unpaired) electrons. The molecule has 1 heterocycles. The van der Waals surface area contributed by atoms with E-state index in [1.165, 1.54) is 17.3 Å². The van der Waals surface area contributed by atoms with Gasteiger partial charge < -0.3 is 10.3 Å². The fourth-order valence-electron chi connectivity index (χ4n) is 2.64. The monoisotopic (exact) mass is 329 g/mol. The van der Waals surface area contributed by atoms with Crippen molar-refractivity contribution in [2.45, 2.75) is 38.3 Å². The minimum absolute atomic E-state index is 0.0652. The molecule has 1 amide bonds. The summed E-state index contributed by atoms with van der Waals surface area (Å²) in [6, 6.07) is 5.82. The minimum atomic E-state index is -0.110. The number of aromatic nitrogens is 2. The van der Waals surface area contributed by atoms with Gasteiger partial charge >= 0.3 is 0 Å². The number of aromatic amines is 1. The van der Waals surface area contributed by atoms with Crippen LogP contribution in [0.5, 0.6) is 0 Å². The molecule has 1 aliphatic rings. The zero-order chi connectivity index (χ0) is 16.4. The van der Waals surface area contributed by atoms with Gasteiger partial charge in [-0.3, -0.25) is 9.59 Å². The molecule has 1 aromatic heterocycles. The van der Waals surface area contributed by atoms with Crippen LogP contribution in [-0.2, 0) is 17.6 Å². The molecule has 0 unspecified atom stereocenters. The van der Waals surface area contributed by atoms with Crippen LogP contribution in [-0.4, -0.2) is 21.6 Å². The average molecular weight is 329 g/mol. The molecule has 0 spiro atoms. The maximum Gasteiger partial charge on any atom is 0.254 e. The summed E-state index contributed by atoms with van der Waals surface area (Å²) in [5, 5.41) is 3.39. The van der Waals surface area contributed by atoms with Gasteiger partial charge in [0.05, 0.1) is 11.4 Å². The quantitative estimate of drug-likeness (QED) is 0.668. The van der Waals surface area contributed by atoms with Gasteiger partial charge in [-0.15, -0.1) is 0 Å². The number of carbonyl (C=O) groups excluding carboxylic acids is 1. The topological polar surface area (TPSA) is 74.8 Å². The van der Waals surface area contributed by atoms with Gasteiger partial charge in [0.2, 0.25) is 5.91 Å². The number of carbonyl (C=O) groups is 1. The van der Waals surface area contributed by atoms with Crippen LogP contribution in [0.15, 0.2) is 28.2 Å². The van der Waals surface area contributed by atoms with E-state index in [1.807, 2.05) is 32.0 Å². The number of amides is 1. The van der Waals surface area contributed by atoms with Crippen LogP contribution in [0.2, 0.25) is 0 Å². The van der Waals surface area contributed by atoms with Crippen LogP contribution in [0.3, 0.4) is 0 Å². The molecular weight excluding hydrogens is 310 g/mol. The molecule has 0 saturated heterocycles. The Balaban J connectivity index is 1.62. The van der Waals surface area contributed by atoms with Gasteiger partial charge in [-0.1, -0.05) is 17.8 Å². The Labute approximate surface area is 138 Å². The molecule has 3 rings (SSSR count). The van der Waals surface area contributed by atoms with Crippen molar-refractivity contribution in [2.75, 3.05) is 11.1 Å². The molecule has 0 atom stereocenters. The Morgan fingerprint density at radius 2 is 2.13 bits per heavy atom. The lowest BCUT2D eigenvalue weighted by Gasteiger charge is -2.08. The van der Waals surface area contributed by atoms with Crippen LogP contribution >= 0.6 is 11.8 Å². The lowest BCUT2D eigenvalue weighted by Crippen LogP contribution is -2.17. The molecule has 120 valence electrons. The first kappa shape index (κ1) is 15.8. The van der Waals surface area contributed by atoms with Gasteiger partial charge in [0, 0.05) is 11.3 Å². The summed E-state index contributed by atoms with van der Waals surface area (Å²) in [5.41, 5.74) is 4.73. The average Bonchev–Trinajstić information content (AvgIpc) is 2.98. The van der Waals surface area contributed by atoms with Gasteiger partial charge in [0.25, 0.3) is 5.56 Å². The van der Waals surface area contributed by atoms with E-state index in [9.17, 15) is 9.59 Å². The van der Waals surface area contributed by atoms with Crippen molar-refractivity contribution >= 4 is 23.4 Å². The lowest BCUT2D eigenvalue weighted by molar-refractivity contribution is -0.113. The molecule has 0 aliphatic heterocycles. The van der Waals surface area contributed by atoms with Crippen LogP contribution in [0.1, 0.15) is 28.8 Å². The highest BCUT2D eigenvalue weighted by Crippen LogP contribution is 2.20. The summed E-state index contributed by atoms with van der Waals surface area (Å²) in [6.45, 7) is 4.05. The second-order valence-electron chi connectivity index (χ2n) is 5.79. The molecule has 0 bridgehead atoms. The number of nitrogens with zero attached hydrogens (tertiary/aromatic N) is 1. The first-order chi connectivity index (χ1) is 11.0. The SMILES string of the molecule is Cc1ccc(NC(=O)CSc2nc3c(c(=O)[nH]2)CCC3)cc1C. The van der Waals surface area contributed by atoms with Crippen molar-refractivity contribution in [3.05, 3.63) is 50.9 Å². The Morgan fingerprint density at radius 1 is 1.30 bits per heavy atom. The predicted octanol–water partition coefficient (Wildman–Crippen LogP) is 2.61. The van der Waals surface area contributed by atoms with Gasteiger partial charge in [0.1, 0.15) is 0 Å². The molecule has 2 N–H and O–H groups in total. The molecule has 1 aromatic carbocycles. The molecule has 0 fully saturated rings. The number of aryl methyl sites for hydroxylation is 3. The maximum absolute atomic E-state index is 12.0. The molecular formula is C17H19N3O2S. The molecule has 1 aliphatic carbocycles. The van der Waals surface area contributed by atoms with Gasteiger partial charge in [-0.2, -0.15) is 0 Å². The van der Waals surface area contributed by atoms with Gasteiger partial charge in [0.15, 0.2) is 5.16 Å². The molecule has 23 heavy (non-hydrogen) atoms. The zero-order valence-corrected chi connectivity index (χ0v) is 14.0. The van der Waals surface area contributed by atoms with E-state index < -0.39 is 0 Å². The van der Waals surface area contributed by atoms with E-state index in [0.717, 1.165) is 41.8 Å². The van der Waals surface area contributed by atoms with Crippen molar-refractivity contribution in [1.82, 2.24) is 9.97 Å². The van der Waals surface area contributed by atoms with E-state index >= 15 is 0 Å². The number of H-pyrrole nitrogens is 1. The van der Waals surface area contributed by atoms with Crippen molar-refractivity contribution in [1.29, 1.82) is 0 Å². The maximum atomic E-state index is 12.0. The van der Waals surface area contributed by atoms with Crippen LogP contribution in [0.4, 0.5) is 5.69 Å². The number of benzene rings is 1. The summed E-state index contributed by atoms with van der Waals surface area (Å²) >= 11 is 1.26. The highest BCUT2D eigenvalue weighted by molar-refractivity contribution is 7.99. The third-order valence-electron chi connectivity index (χ3n) is 4.05. The van der Waals surface area contributed by atoms with Crippen LogP contribution in [0.25, 0.3) is 0 Å². The van der Waals surface area contributed by atoms with E-state index in [-0.39, 0.29) is 17.2 Å². The van der Waals surface area contributed by atoms with Crippen LogP contribution in [0, 0.1) is 13.8 Å². The summed E-state index contributed by atoms with van der Waals surface area (Å²) in [5.74, 6) is 0.107. The summed E-state index contributed by atoms with van der Waals surface area (Å²) in [4.78, 5) is 31.2. The Bertz CT molecular complexity index is 814. The van der Waals surface area contributed by atoms with Crippen molar-refractivity contribution < 1.29 is 4.79 Å². The molecule has 6 heteroatoms. The molecule has 0 saturated carbocycles. The highest BCUT2D eigenvalue weighted by atomic mass is 32.2. The van der Waals surface area contributed by atoms with Crippen LogP contribution < -0.4 is 10.9 Å². The number of rotatable bonds is 4. The van der Waals surface area contributed by atoms with E-state index in [2.05, 4.69) is 15.3 Å². The molecule has 5 nitrogen and oxygen atoms in total. The second-order valence-corrected chi connectivity index (χ2v) is 6.75. The predicted molar refractivity (Wildman–Crippen MR) is 92.2 cm³/mol. The first-order valence-electron chi connectivity index (χ1n) is 7.65. The van der Waals surface area contributed by atoms with Gasteiger partial charge in [-0.05, 0) is 56.4 Å². The smallest absolute Gasteiger partial charge is 0.254 e. The van der Waals surface area contributed by atoms with Gasteiger partial charge in [-0.25, -0.2) is 4.98 Å². The third kappa shape index (κ3) is 3.64. The Kier molecular flexibility index (Phi) is 4.52. The highest BCUT2D eigenvalue weighted by Gasteiger charge is 2.17. The fraction of sp³-hybridized carbons (Fsp3) is 0.353. The zero-order valence-electron chi connectivity index (χ0n) is 13.2. The van der Waals surface area contributed by atoms with E-state index in [1.54, 1.807) is 0 Å². The number of hydrogen-bond acceptors (Lipinski definition) is 4. The normalized spacial score (nSPS) is 13.0. The van der Waals surface area contributed by atoms with Crippen molar-refractivity contribution in [2.24, 2.45) is 0 Å². The van der Waals surface area contributed by atoms with Crippen molar-refractivity contribution in [3.63, 3.8) is 0 Å². The minimum Gasteiger partial charge on any atom is -0.325 e. The number of thioether (sulfide) groups is 1. The third-order valence-corrected chi connectivity index (χ3v) is 4.92. The molecule has 2 aromatic rings. The largest absolute Gasteiger partial charge is 0.325 e. The standard InChI is InChI=1S/C17H19N3O2S/c1-10-6-7-12(8-11(10)2)18-15(21)9-23-17-19-14-5-3-4-13(14)16(22)20-17/h6-8H,3-5,9H2,1-2H3,(H,18,21)(H,19,20,22). The number of fused-ring (bicyclic) bond motifs is 1. The Morgan fingerprint density at radius 3 is 2.91 bits per heavy atom. The first-order valence-corrected chi connectivity index (χ1v) is 8.63. The lowest BCUT2D eigenvalue weighted by atomic mass is 10.1. The fourth-order valence-corrected chi connectivity index (χ4v) is 3.32. The van der Waals surface area contributed by atoms with E-state index in [4.69, 9.17) is 0 Å². The second kappa shape index (κ2) is 6.58. The number of nitrogens with one attached hydrogen (secondary N) is 2. The number of hydrogen-bond donors (Lipinski definition) is 2. The van der Waals surface area contributed by atoms with E-state index in [0.29, 0.717) is 5.16 Å². The number of anilines is 1. The summed E-state index contributed by atoms with van der Waals surface area (Å²) in [6.07, 6.45) is 2.63.